The van der Waals surface area contributed by atoms with E-state index in [1.165, 1.54) is 24.8 Å². The number of hydrogen-bond acceptors (Lipinski definition) is 2. The van der Waals surface area contributed by atoms with Gasteiger partial charge < -0.3 is 10.1 Å². The highest BCUT2D eigenvalue weighted by molar-refractivity contribution is 5.05. The van der Waals surface area contributed by atoms with Crippen LogP contribution in [0.4, 0.5) is 0 Å². The van der Waals surface area contributed by atoms with E-state index in [0.29, 0.717) is 6.04 Å². The maximum absolute atomic E-state index is 5.62. The molecule has 82 valence electrons. The molecule has 1 atom stereocenters. The van der Waals surface area contributed by atoms with Crippen molar-refractivity contribution in [1.82, 2.24) is 5.32 Å². The maximum Gasteiger partial charge on any atom is 0.0696 e. The summed E-state index contributed by atoms with van der Waals surface area (Å²) < 4.78 is 5.62. The zero-order valence-electron chi connectivity index (χ0n) is 9.89. The van der Waals surface area contributed by atoms with Crippen molar-refractivity contribution in [2.45, 2.75) is 51.2 Å². The molecular formula is C12H23NO. The Morgan fingerprint density at radius 1 is 1.50 bits per heavy atom. The van der Waals surface area contributed by atoms with Gasteiger partial charge in [0.15, 0.2) is 0 Å². The third-order valence-corrected chi connectivity index (χ3v) is 3.20. The van der Waals surface area contributed by atoms with Crippen LogP contribution in [0.2, 0.25) is 0 Å². The molecule has 0 aromatic rings. The summed E-state index contributed by atoms with van der Waals surface area (Å²) in [7, 11) is 3.86. The van der Waals surface area contributed by atoms with Crippen LogP contribution in [0, 0.1) is 0 Å². The van der Waals surface area contributed by atoms with Gasteiger partial charge in [-0.15, -0.1) is 0 Å². The fourth-order valence-corrected chi connectivity index (χ4v) is 2.11. The summed E-state index contributed by atoms with van der Waals surface area (Å²) in [5.74, 6) is 0. The average Bonchev–Trinajstić information content (AvgIpc) is 2.08. The minimum atomic E-state index is 0.166. The number of nitrogens with one attached hydrogen (secondary N) is 1. The van der Waals surface area contributed by atoms with Gasteiger partial charge in [0.2, 0.25) is 0 Å². The summed E-state index contributed by atoms with van der Waals surface area (Å²) >= 11 is 0. The molecule has 0 radical (unpaired) electrons. The molecule has 0 bridgehead atoms. The zero-order chi connectivity index (χ0) is 10.6. The van der Waals surface area contributed by atoms with Crippen molar-refractivity contribution >= 4 is 0 Å². The van der Waals surface area contributed by atoms with E-state index < -0.39 is 0 Å². The van der Waals surface area contributed by atoms with Gasteiger partial charge >= 0.3 is 0 Å². The van der Waals surface area contributed by atoms with Crippen molar-refractivity contribution in [3.8, 4) is 0 Å². The number of hydrogen-bond donors (Lipinski definition) is 1. The highest BCUT2D eigenvalue weighted by atomic mass is 16.5. The molecule has 2 nitrogen and oxygen atoms in total. The molecule has 0 aliphatic heterocycles. The van der Waals surface area contributed by atoms with E-state index in [1.807, 2.05) is 14.2 Å². The zero-order valence-corrected chi connectivity index (χ0v) is 9.89. The molecule has 14 heavy (non-hydrogen) atoms. The molecule has 0 amide bonds. The Kier molecular flexibility index (Phi) is 4.14. The van der Waals surface area contributed by atoms with Crippen molar-refractivity contribution in [3.05, 3.63) is 11.6 Å². The van der Waals surface area contributed by atoms with Crippen LogP contribution in [0.25, 0.3) is 0 Å². The Labute approximate surface area is 87.7 Å². The lowest BCUT2D eigenvalue weighted by Gasteiger charge is -2.42. The smallest absolute Gasteiger partial charge is 0.0696 e. The highest BCUT2D eigenvalue weighted by Gasteiger charge is 2.38. The van der Waals surface area contributed by atoms with Gasteiger partial charge in [0.05, 0.1) is 5.60 Å². The van der Waals surface area contributed by atoms with E-state index in [2.05, 4.69) is 25.2 Å². The van der Waals surface area contributed by atoms with Crippen LogP contribution in [-0.4, -0.2) is 25.8 Å². The number of methoxy groups -OCH3 is 1. The molecule has 1 rings (SSSR count). The minimum Gasteiger partial charge on any atom is -0.378 e. The lowest BCUT2D eigenvalue weighted by Crippen LogP contribution is -2.44. The minimum absolute atomic E-state index is 0.166. The molecule has 1 unspecified atom stereocenters. The van der Waals surface area contributed by atoms with E-state index in [-0.39, 0.29) is 5.60 Å². The van der Waals surface area contributed by atoms with E-state index in [0.717, 1.165) is 6.42 Å². The molecule has 0 saturated heterocycles. The van der Waals surface area contributed by atoms with Gasteiger partial charge in [0.25, 0.3) is 0 Å². The predicted molar refractivity (Wildman–Crippen MR) is 60.5 cm³/mol. The molecule has 0 spiro atoms. The fourth-order valence-electron chi connectivity index (χ4n) is 2.11. The first-order valence-corrected chi connectivity index (χ1v) is 5.49. The normalized spacial score (nSPS) is 21.1. The van der Waals surface area contributed by atoms with Crippen molar-refractivity contribution in [1.29, 1.82) is 0 Å². The Morgan fingerprint density at radius 3 is 2.43 bits per heavy atom. The molecule has 2 heteroatoms. The monoisotopic (exact) mass is 197 g/mol. The van der Waals surface area contributed by atoms with Gasteiger partial charge in [-0.25, -0.2) is 0 Å². The summed E-state index contributed by atoms with van der Waals surface area (Å²) in [5, 5.41) is 3.34. The summed E-state index contributed by atoms with van der Waals surface area (Å²) in [6, 6.07) is 0.459. The molecule has 1 aliphatic carbocycles. The van der Waals surface area contributed by atoms with Crippen molar-refractivity contribution < 1.29 is 4.74 Å². The summed E-state index contributed by atoms with van der Waals surface area (Å²) in [4.78, 5) is 0. The lowest BCUT2D eigenvalue weighted by molar-refractivity contribution is -0.0805. The second-order valence-electron chi connectivity index (χ2n) is 4.58. The summed E-state index contributed by atoms with van der Waals surface area (Å²) in [6.07, 6.45) is 7.15. The third kappa shape index (κ3) is 2.82. The van der Waals surface area contributed by atoms with Gasteiger partial charge in [0, 0.05) is 13.2 Å². The lowest BCUT2D eigenvalue weighted by atomic mass is 9.75. The first kappa shape index (κ1) is 11.7. The van der Waals surface area contributed by atoms with Crippen LogP contribution in [0.1, 0.15) is 39.5 Å². The molecule has 1 saturated carbocycles. The van der Waals surface area contributed by atoms with Crippen LogP contribution in [0.5, 0.6) is 0 Å². The summed E-state index contributed by atoms with van der Waals surface area (Å²) in [6.45, 7) is 4.29. The van der Waals surface area contributed by atoms with Gasteiger partial charge in [-0.05, 0) is 46.6 Å². The quantitative estimate of drug-likeness (QED) is 0.684. The number of ether oxygens (including phenoxy) is 1. The first-order chi connectivity index (χ1) is 6.62. The molecule has 1 aliphatic rings. The maximum atomic E-state index is 5.62. The Bertz CT molecular complexity index is 197. The van der Waals surface area contributed by atoms with E-state index >= 15 is 0 Å². The van der Waals surface area contributed by atoms with E-state index in [4.69, 9.17) is 4.74 Å². The van der Waals surface area contributed by atoms with Crippen molar-refractivity contribution in [2.24, 2.45) is 0 Å². The van der Waals surface area contributed by atoms with Gasteiger partial charge in [-0.2, -0.15) is 0 Å². The van der Waals surface area contributed by atoms with Crippen LogP contribution in [-0.2, 0) is 4.74 Å². The van der Waals surface area contributed by atoms with E-state index in [1.54, 1.807) is 0 Å². The van der Waals surface area contributed by atoms with Crippen LogP contribution in [0.3, 0.4) is 0 Å². The summed E-state index contributed by atoms with van der Waals surface area (Å²) in [5.41, 5.74) is 1.54. The largest absolute Gasteiger partial charge is 0.378 e. The molecule has 1 N–H and O–H groups in total. The number of allylic oxidation sites excluding steroid dienone is 1. The van der Waals surface area contributed by atoms with Gasteiger partial charge in [-0.3, -0.25) is 0 Å². The van der Waals surface area contributed by atoms with Crippen molar-refractivity contribution in [3.63, 3.8) is 0 Å². The average molecular weight is 197 g/mol. The highest BCUT2D eigenvalue weighted by Crippen LogP contribution is 2.39. The molecule has 0 aromatic carbocycles. The first-order valence-electron chi connectivity index (χ1n) is 5.49. The Balaban J connectivity index is 2.51. The molecule has 0 aromatic heterocycles. The Morgan fingerprint density at radius 2 is 2.14 bits per heavy atom. The topological polar surface area (TPSA) is 21.3 Å². The van der Waals surface area contributed by atoms with E-state index in [9.17, 15) is 0 Å². The third-order valence-electron chi connectivity index (χ3n) is 3.20. The molecular weight excluding hydrogens is 174 g/mol. The van der Waals surface area contributed by atoms with Crippen LogP contribution >= 0.6 is 0 Å². The number of rotatable bonds is 5. The van der Waals surface area contributed by atoms with Gasteiger partial charge in [-0.1, -0.05) is 11.6 Å². The second-order valence-corrected chi connectivity index (χ2v) is 4.58. The molecule has 0 heterocycles. The van der Waals surface area contributed by atoms with Crippen molar-refractivity contribution in [2.75, 3.05) is 14.2 Å². The van der Waals surface area contributed by atoms with Crippen LogP contribution in [0.15, 0.2) is 11.6 Å². The second kappa shape index (κ2) is 4.94. The molecule has 1 fully saturated rings. The van der Waals surface area contributed by atoms with Gasteiger partial charge in [0.1, 0.15) is 0 Å². The Hall–Kier alpha value is -0.340. The fraction of sp³-hybridized carbons (Fsp3) is 0.833. The standard InChI is InChI=1S/C12H23NO/c1-10(2)8-11(13-3)9-12(14-4)6-5-7-12/h8,11,13H,5-7,9H2,1-4H3. The SMILES string of the molecule is CNC(C=C(C)C)CC1(OC)CCC1. The number of likely N-dealkylation sites (N-methyl/N-ethyl adjacent to an activating group) is 1. The van der Waals surface area contributed by atoms with Crippen LogP contribution < -0.4 is 5.32 Å². The predicted octanol–water partition coefficient (Wildman–Crippen LogP) is 2.50.